The first kappa shape index (κ1) is 40.2. The zero-order valence-electron chi connectivity index (χ0n) is 31.5. The number of carbonyl (C=O) groups is 2. The van der Waals surface area contributed by atoms with Crippen molar-refractivity contribution in [2.24, 2.45) is 0 Å². The highest BCUT2D eigenvalue weighted by Gasteiger charge is 2.16. The van der Waals surface area contributed by atoms with E-state index in [0.717, 1.165) is 78.7 Å². The molecule has 0 fully saturated rings. The predicted octanol–water partition coefficient (Wildman–Crippen LogP) is 13.8. The van der Waals surface area contributed by atoms with E-state index in [1.165, 1.54) is 60.9 Å². The molecule has 0 bridgehead atoms. The number of nitriles is 2. The van der Waals surface area contributed by atoms with E-state index in [1.54, 1.807) is 34.8 Å². The minimum atomic E-state index is -1.23. The van der Waals surface area contributed by atoms with Gasteiger partial charge in [-0.25, -0.2) is 4.79 Å². The Hall–Kier alpha value is -6.02. The van der Waals surface area contributed by atoms with Crippen molar-refractivity contribution >= 4 is 106 Å². The number of hydrogen-bond donors (Lipinski definition) is 1. The highest BCUT2D eigenvalue weighted by molar-refractivity contribution is 7.30. The number of carboxylic acid groups (broad SMARTS) is 1. The normalized spacial score (nSPS) is 11.7. The van der Waals surface area contributed by atoms with Gasteiger partial charge < -0.3 is 19.5 Å². The van der Waals surface area contributed by atoms with Crippen LogP contribution in [-0.2, 0) is 14.3 Å². The summed E-state index contributed by atoms with van der Waals surface area (Å²) in [4.78, 5) is 28.1. The van der Waals surface area contributed by atoms with Gasteiger partial charge in [0, 0.05) is 61.4 Å². The molecule has 58 heavy (non-hydrogen) atoms. The van der Waals surface area contributed by atoms with Crippen molar-refractivity contribution in [3.05, 3.63) is 118 Å². The van der Waals surface area contributed by atoms with Crippen molar-refractivity contribution in [3.63, 3.8) is 0 Å². The second-order valence-corrected chi connectivity index (χ2v) is 17.7. The predicted molar refractivity (Wildman–Crippen MR) is 239 cm³/mol. The maximum Gasteiger partial charge on any atom is 0.346 e. The number of unbranched alkanes of at least 4 members (excludes halogenated alkanes) is 5. The van der Waals surface area contributed by atoms with Crippen molar-refractivity contribution < 1.29 is 24.2 Å². The molecule has 4 heterocycles. The summed E-state index contributed by atoms with van der Waals surface area (Å²) in [5, 5.41) is 27.6. The summed E-state index contributed by atoms with van der Waals surface area (Å²) in [6, 6.07) is 37.1. The monoisotopic (exact) mass is 839 g/mol. The van der Waals surface area contributed by atoms with Crippen LogP contribution in [0.25, 0.3) is 51.8 Å². The van der Waals surface area contributed by atoms with Crippen LogP contribution in [0.15, 0.2) is 108 Å². The lowest BCUT2D eigenvalue weighted by Gasteiger charge is -2.26. The lowest BCUT2D eigenvalue weighted by Crippen LogP contribution is -2.10. The minimum absolute atomic E-state index is 0.0418. The van der Waals surface area contributed by atoms with Crippen LogP contribution in [0, 0.1) is 22.7 Å². The fourth-order valence-electron chi connectivity index (χ4n) is 6.45. The molecule has 0 radical (unpaired) electrons. The summed E-state index contributed by atoms with van der Waals surface area (Å²) in [6.45, 7) is 3.19. The van der Waals surface area contributed by atoms with Gasteiger partial charge in [0.1, 0.15) is 23.5 Å². The second-order valence-electron chi connectivity index (χ2n) is 13.3. The van der Waals surface area contributed by atoms with Crippen LogP contribution in [0.1, 0.15) is 55.2 Å². The number of carboxylic acids is 1. The molecular formula is C46H37N3O5S4. The number of rotatable bonds is 18. The van der Waals surface area contributed by atoms with E-state index < -0.39 is 5.97 Å². The Morgan fingerprint density at radius 2 is 1.17 bits per heavy atom. The molecule has 0 aliphatic rings. The molecule has 0 amide bonds. The molecule has 0 saturated heterocycles. The summed E-state index contributed by atoms with van der Waals surface area (Å²) in [5.41, 5.74) is 4.87. The SMILES string of the molecule is CCCCCCCCOc1ccc(N(c2ccc(-c3cc4sc(/C=C(\C#N)OC=O)cc4s3)cc2)c2ccc(-c3cc4sc(/C=C(\C#N)C(=O)O)cc4s3)cc2)cc1. The Morgan fingerprint density at radius 1 is 0.672 bits per heavy atom. The summed E-state index contributed by atoms with van der Waals surface area (Å²) in [5.74, 6) is -0.423. The molecule has 4 aromatic heterocycles. The Morgan fingerprint density at radius 3 is 1.66 bits per heavy atom. The van der Waals surface area contributed by atoms with Crippen LogP contribution < -0.4 is 9.64 Å². The first-order valence-corrected chi connectivity index (χ1v) is 22.0. The highest BCUT2D eigenvalue weighted by Crippen LogP contribution is 2.43. The summed E-state index contributed by atoms with van der Waals surface area (Å²) < 4.78 is 15.1. The van der Waals surface area contributed by atoms with Gasteiger partial charge in [-0.2, -0.15) is 10.5 Å². The average molecular weight is 840 g/mol. The number of thiophene rings is 4. The van der Waals surface area contributed by atoms with E-state index in [4.69, 9.17) is 14.7 Å². The van der Waals surface area contributed by atoms with Crippen LogP contribution >= 0.6 is 45.3 Å². The number of benzene rings is 3. The number of hydrogen-bond acceptors (Lipinski definition) is 11. The van der Waals surface area contributed by atoms with Gasteiger partial charge in [-0.05, 0) is 96.4 Å². The maximum atomic E-state index is 11.3. The number of anilines is 3. The van der Waals surface area contributed by atoms with E-state index in [2.05, 4.69) is 84.6 Å². The smallest absolute Gasteiger partial charge is 0.346 e. The molecule has 290 valence electrons. The van der Waals surface area contributed by atoms with Crippen molar-refractivity contribution in [3.8, 4) is 38.8 Å². The Labute approximate surface area is 352 Å². The molecule has 3 aromatic carbocycles. The van der Waals surface area contributed by atoms with E-state index in [1.807, 2.05) is 30.3 Å². The van der Waals surface area contributed by atoms with Gasteiger partial charge in [-0.1, -0.05) is 63.3 Å². The van der Waals surface area contributed by atoms with Crippen molar-refractivity contribution in [1.82, 2.24) is 0 Å². The lowest BCUT2D eigenvalue weighted by molar-refractivity contribution is -0.132. The van der Waals surface area contributed by atoms with Crippen LogP contribution in [-0.4, -0.2) is 24.2 Å². The lowest BCUT2D eigenvalue weighted by atomic mass is 10.1. The summed E-state index contributed by atoms with van der Waals surface area (Å²) in [6.07, 6.45) is 10.3. The van der Waals surface area contributed by atoms with Gasteiger partial charge in [-0.15, -0.1) is 45.3 Å². The third-order valence-corrected chi connectivity index (χ3v) is 13.9. The van der Waals surface area contributed by atoms with Gasteiger partial charge in [-0.3, -0.25) is 4.79 Å². The second kappa shape index (κ2) is 18.9. The molecule has 12 heteroatoms. The minimum Gasteiger partial charge on any atom is -0.494 e. The molecule has 7 aromatic rings. The Balaban J connectivity index is 1.13. The third kappa shape index (κ3) is 9.56. The largest absolute Gasteiger partial charge is 0.494 e. The molecule has 8 nitrogen and oxygen atoms in total. The summed E-state index contributed by atoms with van der Waals surface area (Å²) in [7, 11) is 0. The third-order valence-electron chi connectivity index (χ3n) is 9.33. The zero-order chi connectivity index (χ0) is 40.4. The fraction of sp³-hybridized carbons (Fsp3) is 0.174. The molecule has 7 rings (SSSR count). The van der Waals surface area contributed by atoms with Crippen LogP contribution in [0.5, 0.6) is 5.75 Å². The molecule has 0 aliphatic heterocycles. The average Bonchev–Trinajstić information content (AvgIpc) is 4.01. The van der Waals surface area contributed by atoms with Crippen LogP contribution in [0.4, 0.5) is 17.1 Å². The molecule has 0 aliphatic carbocycles. The first-order valence-electron chi connectivity index (χ1n) is 18.7. The van der Waals surface area contributed by atoms with E-state index in [0.29, 0.717) is 6.61 Å². The summed E-state index contributed by atoms with van der Waals surface area (Å²) >= 11 is 6.31. The number of carbonyl (C=O) groups excluding carboxylic acids is 1. The van der Waals surface area contributed by atoms with Gasteiger partial charge >= 0.3 is 5.97 Å². The van der Waals surface area contributed by atoms with Gasteiger partial charge in [0.25, 0.3) is 6.47 Å². The van der Waals surface area contributed by atoms with Gasteiger partial charge in [0.2, 0.25) is 5.76 Å². The fourth-order valence-corrected chi connectivity index (χ4v) is 11.2. The van der Waals surface area contributed by atoms with E-state index in [-0.39, 0.29) is 17.8 Å². The molecule has 0 spiro atoms. The van der Waals surface area contributed by atoms with Gasteiger partial charge in [0.15, 0.2) is 0 Å². The molecule has 0 atom stereocenters. The number of ether oxygens (including phenoxy) is 2. The quantitative estimate of drug-likeness (QED) is 0.0298. The van der Waals surface area contributed by atoms with Crippen molar-refractivity contribution in [2.45, 2.75) is 45.4 Å². The number of aliphatic carboxylic acids is 1. The van der Waals surface area contributed by atoms with Crippen LogP contribution in [0.3, 0.4) is 0 Å². The van der Waals surface area contributed by atoms with Crippen molar-refractivity contribution in [2.75, 3.05) is 11.5 Å². The van der Waals surface area contributed by atoms with E-state index in [9.17, 15) is 20.0 Å². The molecule has 0 unspecified atom stereocenters. The van der Waals surface area contributed by atoms with Crippen LogP contribution in [0.2, 0.25) is 0 Å². The van der Waals surface area contributed by atoms with Crippen molar-refractivity contribution in [1.29, 1.82) is 10.5 Å². The topological polar surface area (TPSA) is 124 Å². The Bertz CT molecular complexity index is 2620. The molecule has 1 N–H and O–H groups in total. The zero-order valence-corrected chi connectivity index (χ0v) is 34.7. The maximum absolute atomic E-state index is 11.3. The number of fused-ring (bicyclic) bond motifs is 2. The molecular weight excluding hydrogens is 803 g/mol. The van der Waals surface area contributed by atoms with E-state index >= 15 is 0 Å². The molecule has 0 saturated carbocycles. The Kier molecular flexibility index (Phi) is 13.1. The standard InChI is InChI=1S/C46H37N3O5S4/c1-2-3-4-5-6-7-20-53-36-18-16-35(17-19-36)49(33-12-8-30(9-13-33)40-25-44-42(57-40)23-38(55-44)21-32(27-47)46(51)52)34-14-10-31(11-15-34)41-26-45-43(58-41)24-39(56-45)22-37(28-48)54-29-50/h8-19,21-26,29H,2-7,20H2,1H3,(H,51,52)/b32-21+,37-22+. The number of nitrogens with zero attached hydrogens (tertiary/aromatic N) is 3. The van der Waals surface area contributed by atoms with Gasteiger partial charge in [0.05, 0.1) is 6.61 Å². The first-order chi connectivity index (χ1) is 28.3. The number of allylic oxidation sites excluding steroid dienone is 1. The highest BCUT2D eigenvalue weighted by atomic mass is 32.1.